The van der Waals surface area contributed by atoms with Crippen molar-refractivity contribution >= 4 is 0 Å². The van der Waals surface area contributed by atoms with Crippen LogP contribution in [0.5, 0.6) is 5.75 Å². The lowest BCUT2D eigenvalue weighted by Gasteiger charge is -2.19. The molecule has 0 amide bonds. The van der Waals surface area contributed by atoms with Gasteiger partial charge in [-0.25, -0.2) is 0 Å². The van der Waals surface area contributed by atoms with E-state index in [0.29, 0.717) is 13.2 Å². The third-order valence-electron chi connectivity index (χ3n) is 2.94. The minimum absolute atomic E-state index is 0.0242. The maximum atomic E-state index is 12.0. The molecule has 4 nitrogen and oxygen atoms in total. The lowest BCUT2D eigenvalue weighted by Crippen LogP contribution is -2.33. The van der Waals surface area contributed by atoms with E-state index in [2.05, 4.69) is 10.1 Å². The van der Waals surface area contributed by atoms with Crippen LogP contribution in [0, 0.1) is 0 Å². The number of hydrogen-bond acceptors (Lipinski definition) is 4. The number of benzene rings is 1. The first-order valence-electron chi connectivity index (χ1n) is 6.36. The van der Waals surface area contributed by atoms with Crippen LogP contribution >= 0.6 is 0 Å². The van der Waals surface area contributed by atoms with Gasteiger partial charge in [-0.3, -0.25) is 0 Å². The summed E-state index contributed by atoms with van der Waals surface area (Å²) in [7, 11) is 3.25. The van der Waals surface area contributed by atoms with E-state index in [1.165, 1.54) is 12.1 Å². The molecule has 1 aromatic carbocycles. The van der Waals surface area contributed by atoms with E-state index >= 15 is 0 Å². The van der Waals surface area contributed by atoms with Gasteiger partial charge in [0.1, 0.15) is 5.75 Å². The zero-order chi connectivity index (χ0) is 15.0. The molecule has 114 valence electrons. The highest BCUT2D eigenvalue weighted by Crippen LogP contribution is 2.19. The number of alkyl halides is 2. The summed E-state index contributed by atoms with van der Waals surface area (Å²) in [5.74, 6) is 0.158. The molecule has 0 spiro atoms. The maximum Gasteiger partial charge on any atom is 0.387 e. The summed E-state index contributed by atoms with van der Waals surface area (Å²) in [6.45, 7) is 0.341. The lowest BCUT2D eigenvalue weighted by molar-refractivity contribution is -0.0498. The molecule has 1 aromatic rings. The van der Waals surface area contributed by atoms with Gasteiger partial charge in [0.05, 0.1) is 12.7 Å². The van der Waals surface area contributed by atoms with Crippen LogP contribution in [0.15, 0.2) is 24.3 Å². The zero-order valence-corrected chi connectivity index (χ0v) is 11.9. The monoisotopic (exact) mass is 289 g/mol. The summed E-state index contributed by atoms with van der Waals surface area (Å²) in [5, 5.41) is 3.30. The number of hydrogen-bond donors (Lipinski definition) is 1. The molecular weight excluding hydrogens is 268 g/mol. The predicted octanol–water partition coefficient (Wildman–Crippen LogP) is 2.60. The van der Waals surface area contributed by atoms with Crippen molar-refractivity contribution in [2.45, 2.75) is 25.7 Å². The van der Waals surface area contributed by atoms with Crippen molar-refractivity contribution in [3.05, 3.63) is 29.8 Å². The normalized spacial score (nSPS) is 14.3. The summed E-state index contributed by atoms with van der Waals surface area (Å²) >= 11 is 0. The van der Waals surface area contributed by atoms with Gasteiger partial charge >= 0.3 is 6.61 Å². The molecule has 0 aromatic heterocycles. The third-order valence-corrected chi connectivity index (χ3v) is 2.94. The fourth-order valence-corrected chi connectivity index (χ4v) is 1.76. The van der Waals surface area contributed by atoms with Crippen LogP contribution in [0.4, 0.5) is 8.78 Å². The Labute approximate surface area is 118 Å². The van der Waals surface area contributed by atoms with Crippen molar-refractivity contribution in [1.29, 1.82) is 0 Å². The summed E-state index contributed by atoms with van der Waals surface area (Å²) in [6, 6.07) is 6.65. The Bertz CT molecular complexity index is 373. The summed E-state index contributed by atoms with van der Waals surface area (Å²) in [4.78, 5) is 0. The molecule has 2 atom stereocenters. The standard InChI is InChI=1S/C14H21F2NO3/c1-10(17-8-13(19-3)9-18-2)11-4-6-12(7-5-11)20-14(15)16/h4-7,10,13-14,17H,8-9H2,1-3H3. The largest absolute Gasteiger partial charge is 0.435 e. The van der Waals surface area contributed by atoms with Gasteiger partial charge in [-0.15, -0.1) is 0 Å². The molecule has 1 N–H and O–H groups in total. The summed E-state index contributed by atoms with van der Waals surface area (Å²) in [5.41, 5.74) is 0.985. The van der Waals surface area contributed by atoms with E-state index in [9.17, 15) is 8.78 Å². The molecule has 0 aliphatic rings. The average molecular weight is 289 g/mol. The first kappa shape index (κ1) is 16.8. The van der Waals surface area contributed by atoms with Crippen LogP contribution in [0.2, 0.25) is 0 Å². The highest BCUT2D eigenvalue weighted by Gasteiger charge is 2.11. The van der Waals surface area contributed by atoms with Gasteiger partial charge < -0.3 is 19.5 Å². The highest BCUT2D eigenvalue weighted by molar-refractivity contribution is 5.28. The minimum Gasteiger partial charge on any atom is -0.435 e. The Morgan fingerprint density at radius 1 is 1.15 bits per heavy atom. The van der Waals surface area contributed by atoms with Crippen molar-refractivity contribution in [1.82, 2.24) is 5.32 Å². The van der Waals surface area contributed by atoms with Crippen molar-refractivity contribution < 1.29 is 23.0 Å². The van der Waals surface area contributed by atoms with Crippen molar-refractivity contribution in [3.8, 4) is 5.75 Å². The number of ether oxygens (including phenoxy) is 3. The van der Waals surface area contributed by atoms with Gasteiger partial charge in [-0.1, -0.05) is 12.1 Å². The van der Waals surface area contributed by atoms with Crippen LogP contribution in [-0.4, -0.2) is 40.1 Å². The molecule has 0 fully saturated rings. The second-order valence-electron chi connectivity index (χ2n) is 4.39. The smallest absolute Gasteiger partial charge is 0.387 e. The average Bonchev–Trinajstić information content (AvgIpc) is 2.43. The second kappa shape index (κ2) is 8.84. The van der Waals surface area contributed by atoms with Gasteiger partial charge in [-0.05, 0) is 24.6 Å². The van der Waals surface area contributed by atoms with E-state index in [4.69, 9.17) is 9.47 Å². The molecule has 0 bridgehead atoms. The quantitative estimate of drug-likeness (QED) is 0.758. The maximum absolute atomic E-state index is 12.0. The van der Waals surface area contributed by atoms with Crippen LogP contribution in [0.1, 0.15) is 18.5 Å². The third kappa shape index (κ3) is 5.81. The van der Waals surface area contributed by atoms with Crippen molar-refractivity contribution in [3.63, 3.8) is 0 Å². The summed E-state index contributed by atoms with van der Waals surface area (Å²) in [6.07, 6.45) is -0.0242. The molecular formula is C14H21F2NO3. The fourth-order valence-electron chi connectivity index (χ4n) is 1.76. The fraction of sp³-hybridized carbons (Fsp3) is 0.571. The van der Waals surface area contributed by atoms with E-state index in [-0.39, 0.29) is 17.9 Å². The number of nitrogens with one attached hydrogen (secondary N) is 1. The van der Waals surface area contributed by atoms with E-state index < -0.39 is 6.61 Å². The molecule has 6 heteroatoms. The Balaban J connectivity index is 2.48. The Kier molecular flexibility index (Phi) is 7.43. The minimum atomic E-state index is -2.80. The molecule has 0 saturated heterocycles. The Hall–Kier alpha value is -1.24. The van der Waals surface area contributed by atoms with E-state index in [1.807, 2.05) is 6.92 Å². The van der Waals surface area contributed by atoms with Gasteiger partial charge in [0.25, 0.3) is 0 Å². The molecule has 0 saturated carbocycles. The highest BCUT2D eigenvalue weighted by atomic mass is 19.3. The van der Waals surface area contributed by atoms with Crippen LogP contribution in [-0.2, 0) is 9.47 Å². The summed E-state index contributed by atoms with van der Waals surface area (Å²) < 4.78 is 38.7. The van der Waals surface area contributed by atoms with Crippen LogP contribution < -0.4 is 10.1 Å². The Morgan fingerprint density at radius 2 is 1.80 bits per heavy atom. The SMILES string of the molecule is COCC(CNC(C)c1ccc(OC(F)F)cc1)OC. The molecule has 0 aliphatic carbocycles. The molecule has 0 heterocycles. The first-order valence-corrected chi connectivity index (χ1v) is 6.36. The molecule has 20 heavy (non-hydrogen) atoms. The molecule has 2 unspecified atom stereocenters. The van der Waals surface area contributed by atoms with Gasteiger partial charge in [-0.2, -0.15) is 8.78 Å². The van der Waals surface area contributed by atoms with Gasteiger partial charge in [0.2, 0.25) is 0 Å². The number of rotatable bonds is 9. The van der Waals surface area contributed by atoms with Gasteiger partial charge in [0, 0.05) is 26.8 Å². The lowest BCUT2D eigenvalue weighted by atomic mass is 10.1. The van der Waals surface area contributed by atoms with Crippen LogP contribution in [0.25, 0.3) is 0 Å². The number of halogens is 2. The predicted molar refractivity (Wildman–Crippen MR) is 72.2 cm³/mol. The first-order chi connectivity index (χ1) is 9.56. The molecule has 0 aliphatic heterocycles. The number of methoxy groups -OCH3 is 2. The second-order valence-corrected chi connectivity index (χ2v) is 4.39. The topological polar surface area (TPSA) is 39.7 Å². The van der Waals surface area contributed by atoms with E-state index in [1.54, 1.807) is 26.4 Å². The zero-order valence-electron chi connectivity index (χ0n) is 11.9. The van der Waals surface area contributed by atoms with Crippen molar-refractivity contribution in [2.75, 3.05) is 27.4 Å². The molecule has 1 rings (SSSR count). The molecule has 0 radical (unpaired) electrons. The van der Waals surface area contributed by atoms with Crippen LogP contribution in [0.3, 0.4) is 0 Å². The Morgan fingerprint density at radius 3 is 2.30 bits per heavy atom. The van der Waals surface area contributed by atoms with Crippen molar-refractivity contribution in [2.24, 2.45) is 0 Å². The van der Waals surface area contributed by atoms with Gasteiger partial charge in [0.15, 0.2) is 0 Å². The van der Waals surface area contributed by atoms with E-state index in [0.717, 1.165) is 5.56 Å².